The van der Waals surface area contributed by atoms with Crippen molar-refractivity contribution in [2.24, 2.45) is 0 Å². The van der Waals surface area contributed by atoms with Crippen LogP contribution in [0.4, 0.5) is 0 Å². The van der Waals surface area contributed by atoms with Gasteiger partial charge in [-0.2, -0.15) is 0 Å². The van der Waals surface area contributed by atoms with Crippen molar-refractivity contribution in [3.05, 3.63) is 46.4 Å². The van der Waals surface area contributed by atoms with Crippen LogP contribution in [-0.4, -0.2) is 29.9 Å². The molecule has 3 rings (SSSR count). The third-order valence-electron chi connectivity index (χ3n) is 3.52. The van der Waals surface area contributed by atoms with Crippen molar-refractivity contribution in [2.45, 2.75) is 18.5 Å². The zero-order valence-corrected chi connectivity index (χ0v) is 12.7. The Morgan fingerprint density at radius 1 is 1.23 bits per heavy atom. The maximum Gasteiger partial charge on any atom is 0.248 e. The number of rotatable bonds is 4. The lowest BCUT2D eigenvalue weighted by molar-refractivity contribution is -0.136. The lowest BCUT2D eigenvalue weighted by Crippen LogP contribution is -2.58. The second kappa shape index (κ2) is 6.15. The highest BCUT2D eigenvalue weighted by Gasteiger charge is 2.35. The number of nitrogens with one attached hydrogen (secondary N) is 2. The molecule has 1 aromatic carbocycles. The summed E-state index contributed by atoms with van der Waals surface area (Å²) in [6.07, 6.45) is 2.15. The first-order valence-electron chi connectivity index (χ1n) is 6.80. The number of carbonyl (C=O) groups is 2. The summed E-state index contributed by atoms with van der Waals surface area (Å²) in [6.45, 7) is 0. The van der Waals surface area contributed by atoms with Crippen molar-refractivity contribution in [1.29, 1.82) is 0 Å². The van der Waals surface area contributed by atoms with E-state index in [2.05, 4.69) is 15.6 Å². The number of carbonyl (C=O) groups excluding carboxylic acids is 2. The molecule has 2 unspecified atom stereocenters. The fourth-order valence-electron chi connectivity index (χ4n) is 2.44. The molecule has 1 fully saturated rings. The van der Waals surface area contributed by atoms with Crippen LogP contribution in [0.15, 0.2) is 36.0 Å². The number of piperazine rings is 1. The van der Waals surface area contributed by atoms with E-state index < -0.39 is 12.1 Å². The number of hydrogen-bond acceptors (Lipinski definition) is 5. The second-order valence-electron chi connectivity index (χ2n) is 4.92. The molecule has 2 atom stereocenters. The molecule has 7 heteroatoms. The molecule has 6 nitrogen and oxygen atoms in total. The fraction of sp³-hybridized carbons (Fsp3) is 0.267. The van der Waals surface area contributed by atoms with Crippen molar-refractivity contribution in [2.75, 3.05) is 7.11 Å². The molecule has 0 bridgehead atoms. The first kappa shape index (κ1) is 14.5. The normalized spacial score (nSPS) is 21.1. The third-order valence-corrected chi connectivity index (χ3v) is 4.32. The average molecular weight is 317 g/mol. The number of nitrogens with zero attached hydrogens (tertiary/aromatic N) is 1. The molecule has 1 aromatic heterocycles. The van der Waals surface area contributed by atoms with Gasteiger partial charge in [0.15, 0.2) is 0 Å². The van der Waals surface area contributed by atoms with Crippen LogP contribution in [0.5, 0.6) is 5.75 Å². The summed E-state index contributed by atoms with van der Waals surface area (Å²) < 4.78 is 5.26. The molecule has 1 saturated heterocycles. The van der Waals surface area contributed by atoms with Crippen LogP contribution < -0.4 is 15.4 Å². The van der Waals surface area contributed by atoms with Crippen LogP contribution in [0.25, 0.3) is 0 Å². The van der Waals surface area contributed by atoms with E-state index in [1.165, 1.54) is 18.4 Å². The molecule has 22 heavy (non-hydrogen) atoms. The zero-order chi connectivity index (χ0) is 15.5. The number of aromatic nitrogens is 1. The van der Waals surface area contributed by atoms with E-state index in [1.54, 1.807) is 29.9 Å². The van der Waals surface area contributed by atoms with Gasteiger partial charge >= 0.3 is 0 Å². The van der Waals surface area contributed by atoms with Gasteiger partial charge in [-0.15, -0.1) is 11.3 Å². The Bertz CT molecular complexity index is 687. The molecular weight excluding hydrogens is 302 g/mol. The van der Waals surface area contributed by atoms with E-state index in [1.807, 2.05) is 6.07 Å². The van der Waals surface area contributed by atoms with E-state index >= 15 is 0 Å². The van der Waals surface area contributed by atoms with Crippen LogP contribution in [0.1, 0.15) is 16.5 Å². The molecule has 2 N–H and O–H groups in total. The number of amides is 2. The van der Waals surface area contributed by atoms with Crippen molar-refractivity contribution in [3.8, 4) is 5.75 Å². The van der Waals surface area contributed by atoms with Crippen LogP contribution >= 0.6 is 11.3 Å². The van der Waals surface area contributed by atoms with Gasteiger partial charge in [0, 0.05) is 23.1 Å². The summed E-state index contributed by atoms with van der Waals surface area (Å²) in [5.74, 6) is 0.131. The van der Waals surface area contributed by atoms with E-state index in [0.717, 1.165) is 4.88 Å². The molecule has 2 aromatic rings. The Morgan fingerprint density at radius 3 is 2.77 bits per heavy atom. The first-order chi connectivity index (χ1) is 10.7. The predicted molar refractivity (Wildman–Crippen MR) is 81.6 cm³/mol. The topological polar surface area (TPSA) is 80.3 Å². The van der Waals surface area contributed by atoms with Gasteiger partial charge in [0.05, 0.1) is 12.6 Å². The van der Waals surface area contributed by atoms with Crippen molar-refractivity contribution >= 4 is 23.2 Å². The SMILES string of the molecule is COc1ccccc1C1NC(=O)C(Cc2cncs2)NC1=O. The summed E-state index contributed by atoms with van der Waals surface area (Å²) in [5, 5.41) is 5.55. The number of hydrogen-bond donors (Lipinski definition) is 2. The van der Waals surface area contributed by atoms with Crippen molar-refractivity contribution in [3.63, 3.8) is 0 Å². The minimum atomic E-state index is -0.735. The second-order valence-corrected chi connectivity index (χ2v) is 5.89. The number of methoxy groups -OCH3 is 1. The molecule has 0 saturated carbocycles. The van der Waals surface area contributed by atoms with E-state index in [4.69, 9.17) is 4.74 Å². The maximum absolute atomic E-state index is 12.4. The van der Waals surface area contributed by atoms with Gasteiger partial charge in [0.1, 0.15) is 17.8 Å². The summed E-state index contributed by atoms with van der Waals surface area (Å²) in [7, 11) is 1.54. The standard InChI is InChI=1S/C15H15N3O3S/c1-21-12-5-3-2-4-10(12)13-15(20)17-11(14(19)18-13)6-9-7-16-8-22-9/h2-5,7-8,11,13H,6H2,1H3,(H,17,20)(H,18,19). The number of para-hydroxylation sites is 1. The lowest BCUT2D eigenvalue weighted by atomic mass is 10.00. The number of thiazole rings is 1. The molecule has 1 aliphatic rings. The maximum atomic E-state index is 12.4. The van der Waals surface area contributed by atoms with E-state index in [-0.39, 0.29) is 11.8 Å². The minimum absolute atomic E-state index is 0.205. The number of benzene rings is 1. The van der Waals surface area contributed by atoms with Gasteiger partial charge in [-0.1, -0.05) is 18.2 Å². The molecule has 0 aliphatic carbocycles. The van der Waals surface area contributed by atoms with Crippen molar-refractivity contribution < 1.29 is 14.3 Å². The van der Waals surface area contributed by atoms with E-state index in [9.17, 15) is 9.59 Å². The van der Waals surface area contributed by atoms with Crippen LogP contribution in [0.2, 0.25) is 0 Å². The Balaban J connectivity index is 1.78. The molecule has 0 spiro atoms. The van der Waals surface area contributed by atoms with E-state index in [0.29, 0.717) is 17.7 Å². The molecule has 0 radical (unpaired) electrons. The first-order valence-corrected chi connectivity index (χ1v) is 7.68. The highest BCUT2D eigenvalue weighted by Crippen LogP contribution is 2.27. The Hall–Kier alpha value is -2.41. The molecular formula is C15H15N3O3S. The summed E-state index contributed by atoms with van der Waals surface area (Å²) in [5.41, 5.74) is 2.35. The van der Waals surface area contributed by atoms with Crippen LogP contribution in [0, 0.1) is 0 Å². The Kier molecular flexibility index (Phi) is 4.06. The Morgan fingerprint density at radius 2 is 2.05 bits per heavy atom. The van der Waals surface area contributed by atoms with Gasteiger partial charge in [-0.25, -0.2) is 0 Å². The fourth-order valence-corrected chi connectivity index (χ4v) is 3.08. The number of ether oxygens (including phenoxy) is 1. The molecule has 1 aliphatic heterocycles. The lowest BCUT2D eigenvalue weighted by Gasteiger charge is -2.30. The molecule has 114 valence electrons. The van der Waals surface area contributed by atoms with Gasteiger partial charge < -0.3 is 15.4 Å². The Labute approximate surface area is 131 Å². The van der Waals surface area contributed by atoms with Gasteiger partial charge in [-0.05, 0) is 6.07 Å². The third kappa shape index (κ3) is 2.80. The summed E-state index contributed by atoms with van der Waals surface area (Å²) >= 11 is 1.46. The quantitative estimate of drug-likeness (QED) is 0.883. The van der Waals surface area contributed by atoms with Crippen molar-refractivity contribution in [1.82, 2.24) is 15.6 Å². The smallest absolute Gasteiger partial charge is 0.248 e. The van der Waals surface area contributed by atoms with Gasteiger partial charge in [0.2, 0.25) is 11.8 Å². The van der Waals surface area contributed by atoms with Crippen LogP contribution in [0.3, 0.4) is 0 Å². The minimum Gasteiger partial charge on any atom is -0.496 e. The summed E-state index contributed by atoms with van der Waals surface area (Å²) in [6, 6.07) is 5.85. The largest absolute Gasteiger partial charge is 0.496 e. The zero-order valence-electron chi connectivity index (χ0n) is 11.9. The monoisotopic (exact) mass is 317 g/mol. The molecule has 2 heterocycles. The predicted octanol–water partition coefficient (Wildman–Crippen LogP) is 1.05. The van der Waals surface area contributed by atoms with Crippen LogP contribution in [-0.2, 0) is 16.0 Å². The van der Waals surface area contributed by atoms with Gasteiger partial charge in [0.25, 0.3) is 0 Å². The van der Waals surface area contributed by atoms with Gasteiger partial charge in [-0.3, -0.25) is 14.6 Å². The average Bonchev–Trinajstić information content (AvgIpc) is 3.03. The summed E-state index contributed by atoms with van der Waals surface area (Å²) in [4.78, 5) is 29.6. The highest BCUT2D eigenvalue weighted by atomic mass is 32.1. The highest BCUT2D eigenvalue weighted by molar-refractivity contribution is 7.09. The molecule has 2 amide bonds.